The summed E-state index contributed by atoms with van der Waals surface area (Å²) in [5.41, 5.74) is 0.903. The quantitative estimate of drug-likeness (QED) is 0.854. The van der Waals surface area contributed by atoms with Crippen LogP contribution < -0.4 is 0 Å². The molecule has 0 radical (unpaired) electrons. The number of hydrogen-bond donors (Lipinski definition) is 1. The first-order chi connectivity index (χ1) is 9.22. The smallest absolute Gasteiger partial charge is 0.246 e. The van der Waals surface area contributed by atoms with Crippen LogP contribution in [0.2, 0.25) is 0 Å². The molecule has 1 fully saturated rings. The van der Waals surface area contributed by atoms with Gasteiger partial charge in [0.1, 0.15) is 6.54 Å². The van der Waals surface area contributed by atoms with Crippen LogP contribution >= 0.6 is 11.3 Å². The van der Waals surface area contributed by atoms with Gasteiger partial charge in [-0.15, -0.1) is 10.2 Å². The lowest BCUT2D eigenvalue weighted by Gasteiger charge is -2.14. The Morgan fingerprint density at radius 3 is 3.16 bits per heavy atom. The molecule has 1 N–H and O–H groups in total. The van der Waals surface area contributed by atoms with Crippen molar-refractivity contribution in [2.24, 2.45) is 0 Å². The minimum absolute atomic E-state index is 0.0594. The van der Waals surface area contributed by atoms with E-state index in [9.17, 15) is 9.90 Å². The third-order valence-electron chi connectivity index (χ3n) is 3.02. The van der Waals surface area contributed by atoms with Crippen LogP contribution in [0, 0.1) is 0 Å². The average molecular weight is 279 g/mol. The Labute approximate surface area is 113 Å². The van der Waals surface area contributed by atoms with Crippen LogP contribution in [0.4, 0.5) is 0 Å². The molecule has 7 nitrogen and oxygen atoms in total. The van der Waals surface area contributed by atoms with Gasteiger partial charge in [0.05, 0.1) is 6.10 Å². The number of tetrazole rings is 1. The van der Waals surface area contributed by atoms with Crippen molar-refractivity contribution in [1.82, 2.24) is 25.1 Å². The zero-order valence-electron chi connectivity index (χ0n) is 10.1. The molecule has 0 saturated carbocycles. The second kappa shape index (κ2) is 5.06. The Kier molecular flexibility index (Phi) is 3.26. The van der Waals surface area contributed by atoms with E-state index in [1.165, 1.54) is 4.80 Å². The number of amides is 1. The second-order valence-electron chi connectivity index (χ2n) is 4.44. The third-order valence-corrected chi connectivity index (χ3v) is 3.71. The Bertz CT molecular complexity index is 567. The van der Waals surface area contributed by atoms with Gasteiger partial charge in [-0.25, -0.2) is 0 Å². The molecular weight excluding hydrogens is 266 g/mol. The molecule has 1 atom stereocenters. The van der Waals surface area contributed by atoms with Crippen molar-refractivity contribution >= 4 is 17.2 Å². The van der Waals surface area contributed by atoms with Crippen molar-refractivity contribution in [3.05, 3.63) is 16.8 Å². The number of hydrogen-bond acceptors (Lipinski definition) is 6. The van der Waals surface area contributed by atoms with Gasteiger partial charge in [0.25, 0.3) is 0 Å². The number of carbonyl (C=O) groups is 1. The van der Waals surface area contributed by atoms with Crippen molar-refractivity contribution in [2.45, 2.75) is 19.1 Å². The molecule has 1 saturated heterocycles. The predicted molar refractivity (Wildman–Crippen MR) is 68.3 cm³/mol. The Morgan fingerprint density at radius 1 is 1.58 bits per heavy atom. The first-order valence-electron chi connectivity index (χ1n) is 5.98. The van der Waals surface area contributed by atoms with Crippen LogP contribution in [-0.4, -0.2) is 55.3 Å². The van der Waals surface area contributed by atoms with Crippen LogP contribution in [0.5, 0.6) is 0 Å². The molecule has 0 unspecified atom stereocenters. The van der Waals surface area contributed by atoms with Gasteiger partial charge in [0.15, 0.2) is 0 Å². The normalized spacial score (nSPS) is 19.0. The summed E-state index contributed by atoms with van der Waals surface area (Å²) in [7, 11) is 0. The molecule has 0 aromatic carbocycles. The molecule has 100 valence electrons. The van der Waals surface area contributed by atoms with Crippen LogP contribution in [-0.2, 0) is 11.3 Å². The molecule has 19 heavy (non-hydrogen) atoms. The topological polar surface area (TPSA) is 84.1 Å². The van der Waals surface area contributed by atoms with Gasteiger partial charge in [-0.3, -0.25) is 4.79 Å². The van der Waals surface area contributed by atoms with Crippen molar-refractivity contribution in [2.75, 3.05) is 13.1 Å². The summed E-state index contributed by atoms with van der Waals surface area (Å²) in [6.45, 7) is 1.04. The number of carbonyl (C=O) groups excluding carboxylic acids is 1. The van der Waals surface area contributed by atoms with E-state index in [1.54, 1.807) is 16.2 Å². The maximum Gasteiger partial charge on any atom is 0.246 e. The van der Waals surface area contributed by atoms with Gasteiger partial charge in [-0.05, 0) is 23.1 Å². The van der Waals surface area contributed by atoms with Crippen molar-refractivity contribution < 1.29 is 9.90 Å². The lowest BCUT2D eigenvalue weighted by Crippen LogP contribution is -2.33. The highest BCUT2D eigenvalue weighted by Gasteiger charge is 2.25. The van der Waals surface area contributed by atoms with E-state index in [-0.39, 0.29) is 12.5 Å². The summed E-state index contributed by atoms with van der Waals surface area (Å²) in [6, 6.07) is 1.91. The maximum absolute atomic E-state index is 11.9. The summed E-state index contributed by atoms with van der Waals surface area (Å²) in [5.74, 6) is 0.432. The number of aliphatic hydroxyl groups excluding tert-OH is 1. The molecule has 8 heteroatoms. The summed E-state index contributed by atoms with van der Waals surface area (Å²) in [6.07, 6.45) is 0.227. The van der Waals surface area contributed by atoms with E-state index < -0.39 is 6.10 Å². The highest BCUT2D eigenvalue weighted by atomic mass is 32.1. The molecular formula is C11H13N5O2S. The Hall–Kier alpha value is -1.80. The van der Waals surface area contributed by atoms with E-state index in [0.29, 0.717) is 25.3 Å². The zero-order chi connectivity index (χ0) is 13.2. The van der Waals surface area contributed by atoms with Gasteiger partial charge in [0, 0.05) is 24.0 Å². The lowest BCUT2D eigenvalue weighted by molar-refractivity contribution is -0.131. The molecule has 2 aromatic heterocycles. The largest absolute Gasteiger partial charge is 0.391 e. The predicted octanol–water partition coefficient (Wildman–Crippen LogP) is -0.00520. The number of rotatable bonds is 3. The Morgan fingerprint density at radius 2 is 2.47 bits per heavy atom. The fraction of sp³-hybridized carbons (Fsp3) is 0.455. The summed E-state index contributed by atoms with van der Waals surface area (Å²) in [4.78, 5) is 14.9. The number of aliphatic hydroxyl groups is 1. The van der Waals surface area contributed by atoms with E-state index in [4.69, 9.17) is 0 Å². The minimum atomic E-state index is -0.408. The van der Waals surface area contributed by atoms with Gasteiger partial charge in [0.2, 0.25) is 11.7 Å². The van der Waals surface area contributed by atoms with Crippen molar-refractivity contribution in [3.8, 4) is 11.4 Å². The number of likely N-dealkylation sites (tertiary alicyclic amines) is 1. The molecule has 3 rings (SSSR count). The van der Waals surface area contributed by atoms with Crippen LogP contribution in [0.15, 0.2) is 16.8 Å². The molecule has 2 aromatic rings. The lowest BCUT2D eigenvalue weighted by atomic mass is 10.3. The third kappa shape index (κ3) is 2.64. The summed E-state index contributed by atoms with van der Waals surface area (Å²) in [5, 5.41) is 25.2. The number of thiophene rings is 1. The summed E-state index contributed by atoms with van der Waals surface area (Å²) >= 11 is 1.56. The standard InChI is InChI=1S/C11H13N5O2S/c17-9-1-3-15(5-9)10(18)6-16-13-11(12-14-16)8-2-4-19-7-8/h2,4,7,9,17H,1,3,5-6H2/t9-/m1/s1. The SMILES string of the molecule is O=C(Cn1nnc(-c2ccsc2)n1)N1CC[C@@H](O)C1. The molecule has 0 bridgehead atoms. The van der Waals surface area contributed by atoms with Crippen LogP contribution in [0.1, 0.15) is 6.42 Å². The van der Waals surface area contributed by atoms with E-state index >= 15 is 0 Å². The highest BCUT2D eigenvalue weighted by molar-refractivity contribution is 7.08. The fourth-order valence-corrected chi connectivity index (χ4v) is 2.64. The number of nitrogens with zero attached hydrogens (tertiary/aromatic N) is 5. The molecule has 1 amide bonds. The molecule has 0 aliphatic carbocycles. The number of β-amino-alcohol motifs (C(OH)–C–C–N with tert-alkyl or cyclic N) is 1. The van der Waals surface area contributed by atoms with Gasteiger partial charge in [-0.2, -0.15) is 16.1 Å². The molecule has 1 aliphatic rings. The Balaban J connectivity index is 1.66. The number of aromatic nitrogens is 4. The first kappa shape index (κ1) is 12.2. The van der Waals surface area contributed by atoms with Crippen LogP contribution in [0.25, 0.3) is 11.4 Å². The van der Waals surface area contributed by atoms with E-state index in [2.05, 4.69) is 15.4 Å². The summed E-state index contributed by atoms with van der Waals surface area (Å²) < 4.78 is 0. The van der Waals surface area contributed by atoms with E-state index in [0.717, 1.165) is 5.56 Å². The van der Waals surface area contributed by atoms with Gasteiger partial charge >= 0.3 is 0 Å². The first-order valence-corrected chi connectivity index (χ1v) is 6.93. The molecule has 0 spiro atoms. The van der Waals surface area contributed by atoms with Crippen molar-refractivity contribution in [3.63, 3.8) is 0 Å². The van der Waals surface area contributed by atoms with Crippen LogP contribution in [0.3, 0.4) is 0 Å². The molecule has 1 aliphatic heterocycles. The minimum Gasteiger partial charge on any atom is -0.391 e. The highest BCUT2D eigenvalue weighted by Crippen LogP contribution is 2.16. The van der Waals surface area contributed by atoms with Crippen molar-refractivity contribution in [1.29, 1.82) is 0 Å². The monoisotopic (exact) mass is 279 g/mol. The maximum atomic E-state index is 11.9. The van der Waals surface area contributed by atoms with Gasteiger partial charge < -0.3 is 10.0 Å². The molecule has 3 heterocycles. The van der Waals surface area contributed by atoms with E-state index in [1.807, 2.05) is 16.8 Å². The second-order valence-corrected chi connectivity index (χ2v) is 5.22. The zero-order valence-corrected chi connectivity index (χ0v) is 11.0. The average Bonchev–Trinajstić information content (AvgIpc) is 3.07. The fourth-order valence-electron chi connectivity index (χ4n) is 2.01. The van der Waals surface area contributed by atoms with Gasteiger partial charge in [-0.1, -0.05) is 0 Å².